The second-order valence-corrected chi connectivity index (χ2v) is 24.1. The van der Waals surface area contributed by atoms with E-state index in [-0.39, 0.29) is 31.1 Å². The maximum absolute atomic E-state index is 15.0. The number of aliphatic hydroxyl groups is 6. The van der Waals surface area contributed by atoms with Crippen LogP contribution in [0, 0.1) is 17.8 Å². The number of amides is 1. The molecule has 1 amide bonds. The van der Waals surface area contributed by atoms with Crippen LogP contribution < -0.4 is 0 Å². The molecule has 80 heavy (non-hydrogen) atoms. The van der Waals surface area contributed by atoms with Crippen LogP contribution in [0.5, 0.6) is 0 Å². The van der Waals surface area contributed by atoms with Crippen LogP contribution in [0.3, 0.4) is 0 Å². The molecule has 1 aromatic heterocycles. The molecule has 4 aliphatic heterocycles. The number of cyclic esters (lactones) is 1. The number of carbonyl (C=O) groups is 2. The van der Waals surface area contributed by atoms with E-state index in [1.54, 1.807) is 59.6 Å². The van der Waals surface area contributed by atoms with Crippen LogP contribution >= 0.6 is 0 Å². The van der Waals surface area contributed by atoms with Gasteiger partial charge in [0.1, 0.15) is 55.4 Å². The summed E-state index contributed by atoms with van der Waals surface area (Å²) in [5.74, 6) is -3.23. The SMILES string of the molecule is CC[C@H]1OC(=O)[C@H](C)[C@@H](O[C@H]2C[C@@](C)(OC)[C@@H](O)[C@H](C)O2)[C@H](C)[C@@H](O[C@@H]2O[C@H](C)C[C@H](N(C)CCc3cn([C@H](CF)[C@H](OC)c4ccc(C5=CCN(C(=O)CO)CC5)cc4)nn3)[C@H]2O)[C@](C)(O)C[C@@H](C)CN(C)[C@H](C)[C@@H](O)[C@]1(C)O. The summed E-state index contributed by atoms with van der Waals surface area (Å²) in [7, 11) is 6.72. The first-order valence-electron chi connectivity index (χ1n) is 28.6. The van der Waals surface area contributed by atoms with Crippen molar-refractivity contribution in [1.82, 2.24) is 29.7 Å². The molecule has 22 heteroatoms. The van der Waals surface area contributed by atoms with Gasteiger partial charge in [0.25, 0.3) is 0 Å². The zero-order valence-corrected chi connectivity index (χ0v) is 49.7. The standard InChI is InChI=1S/C58H95FN6O15/c1-15-45-58(10,73)51(69)37(6)63(12)30-33(2)27-56(8,72)53(35(4)49(36(5)54(71)78-45)79-47-28-57(9,75-14)52(70)38(7)77-47)80-55-48(68)43(26-34(3)76-55)62(11)23-22-42-31-65(61-60-42)44(29-59)50(74-13)41-18-16-39(17-19-41)40-20-24-64(25-21-40)46(67)32-66/h16-20,31,33-38,43-45,47-53,55,66,68-70,72-73H,15,21-30,32H2,1-14H3/t33-,34-,35+,36-,37-,38+,43+,44-,45-,47+,48-,49+,50-,51-,52+,53-,55+,56-,57-,58-/m1/s1. The van der Waals surface area contributed by atoms with Crippen molar-refractivity contribution in [3.05, 3.63) is 53.4 Å². The van der Waals surface area contributed by atoms with Gasteiger partial charge in [0.05, 0.1) is 47.2 Å². The number of esters is 1. The topological polar surface area (TPSA) is 261 Å². The van der Waals surface area contributed by atoms with Crippen LogP contribution in [0.4, 0.5) is 4.39 Å². The predicted octanol–water partition coefficient (Wildman–Crippen LogP) is 3.61. The number of methoxy groups -OCH3 is 2. The second-order valence-electron chi connectivity index (χ2n) is 24.1. The lowest BCUT2D eigenvalue weighted by Gasteiger charge is -2.49. The van der Waals surface area contributed by atoms with E-state index in [9.17, 15) is 40.2 Å². The van der Waals surface area contributed by atoms with Crippen LogP contribution in [-0.2, 0) is 49.2 Å². The highest BCUT2D eigenvalue weighted by Crippen LogP contribution is 2.41. The molecule has 0 unspecified atom stereocenters. The Bertz CT molecular complexity index is 2330. The van der Waals surface area contributed by atoms with Gasteiger partial charge in [-0.1, -0.05) is 56.3 Å². The van der Waals surface area contributed by atoms with Gasteiger partial charge in [-0.25, -0.2) is 9.07 Å². The molecule has 0 radical (unpaired) electrons. The predicted molar refractivity (Wildman–Crippen MR) is 294 cm³/mol. The van der Waals surface area contributed by atoms with Gasteiger partial charge in [0.15, 0.2) is 12.6 Å². The fourth-order valence-electron chi connectivity index (χ4n) is 12.7. The van der Waals surface area contributed by atoms with E-state index in [0.717, 1.165) is 16.7 Å². The number of rotatable bonds is 17. The summed E-state index contributed by atoms with van der Waals surface area (Å²) in [6.45, 7) is 17.8. The zero-order valence-electron chi connectivity index (χ0n) is 49.7. The molecular formula is C58H95FN6O15. The molecule has 0 aliphatic carbocycles. The Morgan fingerprint density at radius 1 is 0.988 bits per heavy atom. The molecule has 0 bridgehead atoms. The number of hydrogen-bond donors (Lipinski definition) is 6. The number of hydrogen-bond acceptors (Lipinski definition) is 19. The largest absolute Gasteiger partial charge is 0.459 e. The van der Waals surface area contributed by atoms with Gasteiger partial charge in [-0.3, -0.25) is 9.59 Å². The Hall–Kier alpha value is -3.59. The lowest BCUT2D eigenvalue weighted by Crippen LogP contribution is -2.61. The van der Waals surface area contributed by atoms with E-state index in [2.05, 4.69) is 10.3 Å². The van der Waals surface area contributed by atoms with E-state index in [4.69, 9.17) is 33.2 Å². The highest BCUT2D eigenvalue weighted by molar-refractivity contribution is 5.79. The Morgan fingerprint density at radius 3 is 2.27 bits per heavy atom. The van der Waals surface area contributed by atoms with Gasteiger partial charge in [-0.15, -0.1) is 5.10 Å². The molecule has 21 nitrogen and oxygen atoms in total. The molecule has 20 atom stereocenters. The minimum absolute atomic E-state index is 0.0752. The number of likely N-dealkylation sites (N-methyl/N-ethyl adjacent to an activating group) is 2. The Balaban J connectivity index is 1.23. The number of alkyl halides is 1. The van der Waals surface area contributed by atoms with Gasteiger partial charge in [0, 0.05) is 77.4 Å². The maximum atomic E-state index is 15.0. The molecule has 6 rings (SSSR count). The summed E-state index contributed by atoms with van der Waals surface area (Å²) in [6, 6.07) is 5.76. The molecule has 2 aromatic rings. The van der Waals surface area contributed by atoms with Crippen molar-refractivity contribution in [2.24, 2.45) is 17.8 Å². The Labute approximate surface area is 472 Å². The smallest absolute Gasteiger partial charge is 0.311 e. The third-order valence-corrected chi connectivity index (χ3v) is 17.8. The zero-order chi connectivity index (χ0) is 59.2. The Kier molecular flexibility index (Phi) is 22.8. The molecule has 6 N–H and O–H groups in total. The molecule has 454 valence electrons. The maximum Gasteiger partial charge on any atom is 0.311 e. The average molecular weight is 1140 g/mol. The monoisotopic (exact) mass is 1130 g/mol. The lowest BCUT2D eigenvalue weighted by atomic mass is 9.77. The average Bonchev–Trinajstić information content (AvgIpc) is 3.94. The second kappa shape index (κ2) is 27.9. The number of carbonyl (C=O) groups excluding carboxylic acids is 2. The van der Waals surface area contributed by atoms with Crippen molar-refractivity contribution in [2.45, 2.75) is 210 Å². The lowest BCUT2D eigenvalue weighted by molar-refractivity contribution is -0.318. The van der Waals surface area contributed by atoms with Gasteiger partial charge in [-0.05, 0) is 111 Å². The molecule has 3 saturated heterocycles. The number of aliphatic hydroxyl groups excluding tert-OH is 4. The summed E-state index contributed by atoms with van der Waals surface area (Å²) >= 11 is 0. The minimum atomic E-state index is -1.86. The van der Waals surface area contributed by atoms with Crippen LogP contribution in [0.15, 0.2) is 36.5 Å². The molecular weight excluding hydrogens is 1040 g/mol. The van der Waals surface area contributed by atoms with Gasteiger partial charge in [0.2, 0.25) is 5.91 Å². The first-order chi connectivity index (χ1) is 37.6. The quantitative estimate of drug-likeness (QED) is 0.124. The van der Waals surface area contributed by atoms with Crippen LogP contribution in [-0.4, -0.2) is 230 Å². The van der Waals surface area contributed by atoms with Crippen molar-refractivity contribution in [3.8, 4) is 0 Å². The van der Waals surface area contributed by atoms with Crippen molar-refractivity contribution in [2.75, 3.05) is 67.8 Å². The van der Waals surface area contributed by atoms with E-state index in [0.29, 0.717) is 51.1 Å². The first-order valence-corrected chi connectivity index (χ1v) is 28.6. The molecule has 3 fully saturated rings. The molecule has 4 aliphatic rings. The summed E-state index contributed by atoms with van der Waals surface area (Å²) in [6.07, 6.45) is -5.61. The minimum Gasteiger partial charge on any atom is -0.459 e. The van der Waals surface area contributed by atoms with Crippen LogP contribution in [0.2, 0.25) is 0 Å². The number of benzene rings is 1. The van der Waals surface area contributed by atoms with E-state index in [1.807, 2.05) is 68.1 Å². The summed E-state index contributed by atoms with van der Waals surface area (Å²) < 4.78 is 60.8. The normalized spacial score (nSPS) is 38.3. The first kappa shape index (κ1) is 65.6. The van der Waals surface area contributed by atoms with Crippen LogP contribution in [0.25, 0.3) is 5.57 Å². The number of ether oxygens (including phenoxy) is 7. The third kappa shape index (κ3) is 15.0. The van der Waals surface area contributed by atoms with E-state index < -0.39 is 134 Å². The molecule has 5 heterocycles. The number of halogens is 1. The van der Waals surface area contributed by atoms with Crippen molar-refractivity contribution in [3.63, 3.8) is 0 Å². The fourth-order valence-corrected chi connectivity index (χ4v) is 12.7. The number of aromatic nitrogens is 3. The van der Waals surface area contributed by atoms with Gasteiger partial charge in [-0.2, -0.15) is 0 Å². The third-order valence-electron chi connectivity index (χ3n) is 17.8. The Morgan fingerprint density at radius 2 is 1.68 bits per heavy atom. The molecule has 0 spiro atoms. The fraction of sp³-hybridized carbons (Fsp3) is 0.793. The van der Waals surface area contributed by atoms with Crippen molar-refractivity contribution in [1.29, 1.82) is 0 Å². The van der Waals surface area contributed by atoms with E-state index >= 15 is 4.39 Å². The molecule has 0 saturated carbocycles. The number of nitrogens with zero attached hydrogens (tertiary/aromatic N) is 6. The van der Waals surface area contributed by atoms with E-state index in [1.165, 1.54) is 25.8 Å². The summed E-state index contributed by atoms with van der Waals surface area (Å²) in [4.78, 5) is 32.0. The van der Waals surface area contributed by atoms with Crippen molar-refractivity contribution >= 4 is 17.4 Å². The van der Waals surface area contributed by atoms with Crippen molar-refractivity contribution < 1.29 is 77.8 Å². The molecule has 1 aromatic carbocycles. The summed E-state index contributed by atoms with van der Waals surface area (Å²) in [5, 5.41) is 78.0. The highest BCUT2D eigenvalue weighted by Gasteiger charge is 2.53. The van der Waals surface area contributed by atoms with Gasteiger partial charge >= 0.3 is 5.97 Å². The van der Waals surface area contributed by atoms with Crippen LogP contribution in [0.1, 0.15) is 130 Å². The van der Waals surface area contributed by atoms with Gasteiger partial charge < -0.3 is 78.5 Å². The summed E-state index contributed by atoms with van der Waals surface area (Å²) in [5.41, 5.74) is -1.23. The highest BCUT2D eigenvalue weighted by atomic mass is 19.1.